The fourth-order valence-corrected chi connectivity index (χ4v) is 1.98. The molecule has 0 bridgehead atoms. The molecule has 1 aliphatic carbocycles. The Morgan fingerprint density at radius 3 is 2.88 bits per heavy atom. The topological polar surface area (TPSA) is 64.3 Å². The van der Waals surface area contributed by atoms with Crippen LogP contribution in [0.4, 0.5) is 5.69 Å². The number of hydrogen-bond donors (Lipinski definition) is 2. The lowest BCUT2D eigenvalue weighted by Gasteiger charge is -2.25. The molecule has 0 radical (unpaired) electrons. The lowest BCUT2D eigenvalue weighted by molar-refractivity contribution is 0.0937. The van der Waals surface area contributed by atoms with Gasteiger partial charge >= 0.3 is 0 Å². The quantitative estimate of drug-likeness (QED) is 0.781. The van der Waals surface area contributed by atoms with Crippen LogP contribution in [0.3, 0.4) is 0 Å². The Morgan fingerprint density at radius 1 is 1.53 bits per heavy atom. The van der Waals surface area contributed by atoms with E-state index in [0.717, 1.165) is 6.54 Å². The molecular weight excluding hydrogens is 216 g/mol. The van der Waals surface area contributed by atoms with Gasteiger partial charge in [0, 0.05) is 12.2 Å². The lowest BCUT2D eigenvalue weighted by atomic mass is 9.85. The van der Waals surface area contributed by atoms with E-state index in [1.807, 2.05) is 0 Å². The van der Waals surface area contributed by atoms with Gasteiger partial charge in [-0.15, -0.1) is 0 Å². The van der Waals surface area contributed by atoms with Crippen molar-refractivity contribution in [2.24, 2.45) is 5.92 Å². The zero-order chi connectivity index (χ0) is 12.3. The zero-order valence-corrected chi connectivity index (χ0v) is 10.0. The van der Waals surface area contributed by atoms with Crippen molar-refractivity contribution in [1.29, 1.82) is 0 Å². The lowest BCUT2D eigenvalue weighted by Crippen LogP contribution is -2.32. The summed E-state index contributed by atoms with van der Waals surface area (Å²) >= 11 is 0. The minimum absolute atomic E-state index is 0.146. The average molecular weight is 234 g/mol. The fourth-order valence-electron chi connectivity index (χ4n) is 1.98. The summed E-state index contributed by atoms with van der Waals surface area (Å²) in [5, 5.41) is 2.92. The molecule has 0 heterocycles. The van der Waals surface area contributed by atoms with Crippen LogP contribution in [0, 0.1) is 5.92 Å². The Kier molecular flexibility index (Phi) is 3.52. The van der Waals surface area contributed by atoms with Gasteiger partial charge in [-0.3, -0.25) is 4.79 Å². The monoisotopic (exact) mass is 234 g/mol. The number of anilines is 1. The second kappa shape index (κ2) is 5.08. The number of nitrogen functional groups attached to an aromatic ring is 1. The van der Waals surface area contributed by atoms with Crippen LogP contribution in [0.1, 0.15) is 29.6 Å². The summed E-state index contributed by atoms with van der Waals surface area (Å²) in [6, 6.07) is 5.23. The van der Waals surface area contributed by atoms with E-state index in [1.165, 1.54) is 26.4 Å². The number of ether oxygens (including phenoxy) is 1. The highest BCUT2D eigenvalue weighted by atomic mass is 16.5. The summed E-state index contributed by atoms with van der Waals surface area (Å²) in [5.74, 6) is 1.01. The predicted octanol–water partition coefficient (Wildman–Crippen LogP) is 1.81. The van der Waals surface area contributed by atoms with E-state index < -0.39 is 0 Å². The van der Waals surface area contributed by atoms with E-state index in [4.69, 9.17) is 10.5 Å². The number of benzene rings is 1. The molecule has 1 aliphatic rings. The van der Waals surface area contributed by atoms with E-state index in [2.05, 4.69) is 5.32 Å². The summed E-state index contributed by atoms with van der Waals surface area (Å²) in [6.07, 6.45) is 3.70. The molecular formula is C13H18N2O2. The molecule has 92 valence electrons. The Balaban J connectivity index is 2.06. The van der Waals surface area contributed by atoms with E-state index in [1.54, 1.807) is 18.2 Å². The van der Waals surface area contributed by atoms with Crippen molar-refractivity contribution in [2.75, 3.05) is 19.4 Å². The molecule has 0 aliphatic heterocycles. The Hall–Kier alpha value is -1.71. The van der Waals surface area contributed by atoms with Gasteiger partial charge in [-0.05, 0) is 30.9 Å². The third-order valence-electron chi connectivity index (χ3n) is 3.28. The van der Waals surface area contributed by atoms with Crippen LogP contribution < -0.4 is 15.8 Å². The maximum atomic E-state index is 12.0. The fraction of sp³-hybridized carbons (Fsp3) is 0.462. The van der Waals surface area contributed by atoms with Gasteiger partial charge in [0.25, 0.3) is 5.91 Å². The van der Waals surface area contributed by atoms with Gasteiger partial charge in [0.2, 0.25) is 0 Å². The number of hydrogen-bond acceptors (Lipinski definition) is 3. The van der Waals surface area contributed by atoms with Crippen molar-refractivity contribution in [1.82, 2.24) is 5.32 Å². The first kappa shape index (κ1) is 11.8. The molecule has 1 fully saturated rings. The number of rotatable bonds is 4. The van der Waals surface area contributed by atoms with Gasteiger partial charge in [0.05, 0.1) is 7.11 Å². The van der Waals surface area contributed by atoms with E-state index in [-0.39, 0.29) is 5.91 Å². The molecule has 4 heteroatoms. The third kappa shape index (κ3) is 2.52. The van der Waals surface area contributed by atoms with Gasteiger partial charge in [-0.2, -0.15) is 0 Å². The average Bonchev–Trinajstić information content (AvgIpc) is 2.26. The van der Waals surface area contributed by atoms with Crippen molar-refractivity contribution in [2.45, 2.75) is 19.3 Å². The Morgan fingerprint density at radius 2 is 2.29 bits per heavy atom. The van der Waals surface area contributed by atoms with Crippen molar-refractivity contribution in [3.63, 3.8) is 0 Å². The number of nitrogens with one attached hydrogen (secondary N) is 1. The van der Waals surface area contributed by atoms with Gasteiger partial charge in [0.15, 0.2) is 0 Å². The Labute approximate surface area is 101 Å². The smallest absolute Gasteiger partial charge is 0.257 e. The summed E-state index contributed by atoms with van der Waals surface area (Å²) in [4.78, 5) is 12.0. The molecule has 0 atom stereocenters. The van der Waals surface area contributed by atoms with E-state index in [0.29, 0.717) is 22.9 Å². The number of nitrogens with two attached hydrogens (primary N) is 1. The van der Waals surface area contributed by atoms with E-state index >= 15 is 0 Å². The molecule has 0 spiro atoms. The molecule has 4 nitrogen and oxygen atoms in total. The van der Waals surface area contributed by atoms with Gasteiger partial charge < -0.3 is 15.8 Å². The van der Waals surface area contributed by atoms with Crippen LogP contribution in [-0.4, -0.2) is 19.6 Å². The van der Waals surface area contributed by atoms with Crippen LogP contribution in [-0.2, 0) is 0 Å². The summed E-state index contributed by atoms with van der Waals surface area (Å²) in [7, 11) is 1.54. The second-order valence-electron chi connectivity index (χ2n) is 4.43. The summed E-state index contributed by atoms with van der Waals surface area (Å²) in [5.41, 5.74) is 6.70. The number of carbonyl (C=O) groups is 1. The Bertz CT molecular complexity index is 414. The van der Waals surface area contributed by atoms with Crippen LogP contribution in [0.25, 0.3) is 0 Å². The molecule has 0 saturated heterocycles. The third-order valence-corrected chi connectivity index (χ3v) is 3.28. The van der Waals surface area contributed by atoms with Crippen molar-refractivity contribution in [3.05, 3.63) is 23.8 Å². The summed E-state index contributed by atoms with van der Waals surface area (Å²) < 4.78 is 5.15. The van der Waals surface area contributed by atoms with Crippen LogP contribution in [0.2, 0.25) is 0 Å². The van der Waals surface area contributed by atoms with Crippen LogP contribution in [0.5, 0.6) is 5.75 Å². The molecule has 3 N–H and O–H groups in total. The molecule has 0 aromatic heterocycles. The number of methoxy groups -OCH3 is 1. The van der Waals surface area contributed by atoms with Gasteiger partial charge in [-0.1, -0.05) is 12.5 Å². The first-order valence-corrected chi connectivity index (χ1v) is 5.93. The first-order valence-electron chi connectivity index (χ1n) is 5.93. The molecule has 17 heavy (non-hydrogen) atoms. The molecule has 1 saturated carbocycles. The second-order valence-corrected chi connectivity index (χ2v) is 4.43. The minimum Gasteiger partial charge on any atom is -0.496 e. The van der Waals surface area contributed by atoms with Gasteiger partial charge in [0.1, 0.15) is 11.3 Å². The highest BCUT2D eigenvalue weighted by Gasteiger charge is 2.20. The molecule has 2 rings (SSSR count). The van der Waals surface area contributed by atoms with E-state index in [9.17, 15) is 4.79 Å². The highest BCUT2D eigenvalue weighted by Crippen LogP contribution is 2.27. The molecule has 1 aromatic carbocycles. The normalized spacial score (nSPS) is 15.1. The molecule has 1 amide bonds. The van der Waals surface area contributed by atoms with Crippen molar-refractivity contribution >= 4 is 11.6 Å². The molecule has 0 unspecified atom stereocenters. The van der Waals surface area contributed by atoms with Crippen molar-refractivity contribution in [3.8, 4) is 5.75 Å². The van der Waals surface area contributed by atoms with Crippen molar-refractivity contribution < 1.29 is 9.53 Å². The molecule has 1 aromatic rings. The SMILES string of the molecule is COc1cccc(N)c1C(=O)NCC1CCC1. The predicted molar refractivity (Wildman–Crippen MR) is 67.1 cm³/mol. The maximum absolute atomic E-state index is 12.0. The van der Waals surface area contributed by atoms with Crippen LogP contribution >= 0.6 is 0 Å². The van der Waals surface area contributed by atoms with Crippen LogP contribution in [0.15, 0.2) is 18.2 Å². The van der Waals surface area contributed by atoms with Gasteiger partial charge in [-0.25, -0.2) is 0 Å². The number of carbonyl (C=O) groups excluding carboxylic acids is 1. The largest absolute Gasteiger partial charge is 0.496 e. The number of amides is 1. The summed E-state index contributed by atoms with van der Waals surface area (Å²) in [6.45, 7) is 0.732. The minimum atomic E-state index is -0.146. The zero-order valence-electron chi connectivity index (χ0n) is 10.0. The highest BCUT2D eigenvalue weighted by molar-refractivity contribution is 6.01. The maximum Gasteiger partial charge on any atom is 0.257 e. The first-order chi connectivity index (χ1) is 8.22. The standard InChI is InChI=1S/C13H18N2O2/c1-17-11-7-3-6-10(14)12(11)13(16)15-8-9-4-2-5-9/h3,6-7,9H,2,4-5,8,14H2,1H3,(H,15,16).